The molecule has 0 amide bonds. The Kier molecular flexibility index (Phi) is 6.67. The average molecular weight is 328 g/mol. The van der Waals surface area contributed by atoms with Gasteiger partial charge in [-0.25, -0.2) is 0 Å². The molecule has 4 heteroatoms. The quantitative estimate of drug-likeness (QED) is 0.538. The van der Waals surface area contributed by atoms with Gasteiger partial charge in [0.05, 0.1) is 19.6 Å². The third-order valence-electron chi connectivity index (χ3n) is 3.52. The van der Waals surface area contributed by atoms with Crippen molar-refractivity contribution in [1.82, 2.24) is 0 Å². The van der Waals surface area contributed by atoms with Crippen LogP contribution < -0.4 is 14.2 Å². The molecule has 0 aliphatic rings. The molecule has 24 heavy (non-hydrogen) atoms. The number of esters is 1. The second-order valence-electron chi connectivity index (χ2n) is 5.30. The van der Waals surface area contributed by atoms with Crippen molar-refractivity contribution in [2.75, 3.05) is 13.2 Å². The molecule has 4 nitrogen and oxygen atoms in total. The summed E-state index contributed by atoms with van der Waals surface area (Å²) >= 11 is 0. The minimum absolute atomic E-state index is 0.202. The third-order valence-corrected chi connectivity index (χ3v) is 3.52. The predicted molar refractivity (Wildman–Crippen MR) is 93.9 cm³/mol. The number of benzene rings is 2. The lowest BCUT2D eigenvalue weighted by molar-refractivity contribution is -0.133. The van der Waals surface area contributed by atoms with Crippen molar-refractivity contribution in [3.8, 4) is 17.2 Å². The summed E-state index contributed by atoms with van der Waals surface area (Å²) in [6, 6.07) is 13.1. The van der Waals surface area contributed by atoms with E-state index in [4.69, 9.17) is 14.2 Å². The molecule has 128 valence electrons. The van der Waals surface area contributed by atoms with Gasteiger partial charge in [-0.1, -0.05) is 25.1 Å². The molecule has 0 fully saturated rings. The van der Waals surface area contributed by atoms with E-state index in [9.17, 15) is 4.79 Å². The fourth-order valence-electron chi connectivity index (χ4n) is 2.32. The molecule has 0 spiro atoms. The van der Waals surface area contributed by atoms with Gasteiger partial charge in [0.25, 0.3) is 0 Å². The summed E-state index contributed by atoms with van der Waals surface area (Å²) in [5.41, 5.74) is 2.02. The molecule has 0 radical (unpaired) electrons. The van der Waals surface area contributed by atoms with Crippen molar-refractivity contribution < 1.29 is 19.0 Å². The van der Waals surface area contributed by atoms with E-state index in [2.05, 4.69) is 6.92 Å². The standard InChI is InChI=1S/C20H24O4/c1-4-15-9-12-18(19(13-15)23-6-3)24-20(21)14-16-7-10-17(11-8-16)22-5-2/h7-13H,4-6,14H2,1-3H3. The Morgan fingerprint density at radius 1 is 0.833 bits per heavy atom. The Morgan fingerprint density at radius 3 is 2.12 bits per heavy atom. The van der Waals surface area contributed by atoms with Crippen LogP contribution in [-0.2, 0) is 17.6 Å². The molecule has 0 aromatic heterocycles. The van der Waals surface area contributed by atoms with Crippen LogP contribution in [-0.4, -0.2) is 19.2 Å². The van der Waals surface area contributed by atoms with Crippen LogP contribution in [0, 0.1) is 0 Å². The SMILES string of the molecule is CCOc1ccc(CC(=O)Oc2ccc(CC)cc2OCC)cc1. The summed E-state index contributed by atoms with van der Waals surface area (Å²) < 4.78 is 16.5. The van der Waals surface area contributed by atoms with Gasteiger partial charge in [0.15, 0.2) is 11.5 Å². The van der Waals surface area contributed by atoms with Gasteiger partial charge in [-0.05, 0) is 55.7 Å². The molecule has 0 aliphatic heterocycles. The lowest BCUT2D eigenvalue weighted by Gasteiger charge is -2.12. The minimum atomic E-state index is -0.315. The van der Waals surface area contributed by atoms with Gasteiger partial charge in [0, 0.05) is 0 Å². The summed E-state index contributed by atoms with van der Waals surface area (Å²) in [5.74, 6) is 1.55. The van der Waals surface area contributed by atoms with Crippen molar-refractivity contribution in [1.29, 1.82) is 0 Å². The minimum Gasteiger partial charge on any atom is -0.494 e. The highest BCUT2D eigenvalue weighted by atomic mass is 16.6. The van der Waals surface area contributed by atoms with Crippen LogP contribution >= 0.6 is 0 Å². The highest BCUT2D eigenvalue weighted by Crippen LogP contribution is 2.29. The first-order chi connectivity index (χ1) is 11.7. The normalized spacial score (nSPS) is 10.3. The number of hydrogen-bond acceptors (Lipinski definition) is 4. The molecule has 2 aromatic carbocycles. The first-order valence-corrected chi connectivity index (χ1v) is 8.34. The maximum atomic E-state index is 12.2. The highest BCUT2D eigenvalue weighted by Gasteiger charge is 2.12. The Hall–Kier alpha value is -2.49. The number of rotatable bonds is 8. The first kappa shape index (κ1) is 17.9. The molecule has 2 rings (SSSR count). The second-order valence-corrected chi connectivity index (χ2v) is 5.30. The highest BCUT2D eigenvalue weighted by molar-refractivity contribution is 5.76. The topological polar surface area (TPSA) is 44.8 Å². The summed E-state index contributed by atoms with van der Waals surface area (Å²) in [6.07, 6.45) is 1.11. The molecule has 0 unspecified atom stereocenters. The van der Waals surface area contributed by atoms with E-state index in [1.165, 1.54) is 0 Å². The van der Waals surface area contributed by atoms with E-state index < -0.39 is 0 Å². The zero-order valence-corrected chi connectivity index (χ0v) is 14.5. The number of carbonyl (C=O) groups excluding carboxylic acids is 1. The second kappa shape index (κ2) is 8.96. The fraction of sp³-hybridized carbons (Fsp3) is 0.350. The Labute approximate surface area is 143 Å². The van der Waals surface area contributed by atoms with E-state index in [0.29, 0.717) is 24.7 Å². The maximum absolute atomic E-state index is 12.2. The van der Waals surface area contributed by atoms with Crippen molar-refractivity contribution in [2.45, 2.75) is 33.6 Å². The lowest BCUT2D eigenvalue weighted by atomic mass is 10.1. The largest absolute Gasteiger partial charge is 0.494 e. The van der Waals surface area contributed by atoms with Crippen molar-refractivity contribution in [2.24, 2.45) is 0 Å². The van der Waals surface area contributed by atoms with E-state index in [0.717, 1.165) is 23.3 Å². The van der Waals surface area contributed by atoms with Gasteiger partial charge in [-0.2, -0.15) is 0 Å². The molecular weight excluding hydrogens is 304 g/mol. The zero-order chi connectivity index (χ0) is 17.4. The van der Waals surface area contributed by atoms with Crippen LogP contribution in [0.3, 0.4) is 0 Å². The number of hydrogen-bond donors (Lipinski definition) is 0. The number of aryl methyl sites for hydroxylation is 1. The van der Waals surface area contributed by atoms with Crippen LogP contribution in [0.2, 0.25) is 0 Å². The van der Waals surface area contributed by atoms with E-state index in [1.807, 2.05) is 50.2 Å². The fourth-order valence-corrected chi connectivity index (χ4v) is 2.32. The maximum Gasteiger partial charge on any atom is 0.315 e. The van der Waals surface area contributed by atoms with Crippen LogP contribution in [0.25, 0.3) is 0 Å². The molecule has 2 aromatic rings. The van der Waals surface area contributed by atoms with Gasteiger partial charge in [0.2, 0.25) is 0 Å². The van der Waals surface area contributed by atoms with Gasteiger partial charge in [-0.3, -0.25) is 4.79 Å². The molecule has 0 heterocycles. The summed E-state index contributed by atoms with van der Waals surface area (Å²) in [4.78, 5) is 12.2. The average Bonchev–Trinajstić information content (AvgIpc) is 2.58. The molecule has 0 aliphatic carbocycles. The smallest absolute Gasteiger partial charge is 0.315 e. The molecule has 0 saturated heterocycles. The third kappa shape index (κ3) is 5.01. The van der Waals surface area contributed by atoms with Crippen molar-refractivity contribution in [3.05, 3.63) is 53.6 Å². The first-order valence-electron chi connectivity index (χ1n) is 8.34. The monoisotopic (exact) mass is 328 g/mol. The summed E-state index contributed by atoms with van der Waals surface area (Å²) in [5, 5.41) is 0. The van der Waals surface area contributed by atoms with Gasteiger partial charge in [0.1, 0.15) is 5.75 Å². The van der Waals surface area contributed by atoms with Crippen LogP contribution in [0.15, 0.2) is 42.5 Å². The molecule has 0 N–H and O–H groups in total. The number of carbonyl (C=O) groups is 1. The molecule has 0 bridgehead atoms. The summed E-state index contributed by atoms with van der Waals surface area (Å²) in [6.45, 7) is 7.06. The Morgan fingerprint density at radius 2 is 1.50 bits per heavy atom. The van der Waals surface area contributed by atoms with Crippen LogP contribution in [0.5, 0.6) is 17.2 Å². The van der Waals surface area contributed by atoms with E-state index in [1.54, 1.807) is 6.07 Å². The van der Waals surface area contributed by atoms with Crippen LogP contribution in [0.1, 0.15) is 31.9 Å². The predicted octanol–water partition coefficient (Wildman–Crippen LogP) is 4.19. The zero-order valence-electron chi connectivity index (χ0n) is 14.5. The van der Waals surface area contributed by atoms with Gasteiger partial charge >= 0.3 is 5.97 Å². The lowest BCUT2D eigenvalue weighted by Crippen LogP contribution is -2.12. The molecule has 0 atom stereocenters. The van der Waals surface area contributed by atoms with E-state index in [-0.39, 0.29) is 12.4 Å². The van der Waals surface area contributed by atoms with Crippen LogP contribution in [0.4, 0.5) is 0 Å². The number of ether oxygens (including phenoxy) is 3. The molecule has 0 saturated carbocycles. The van der Waals surface area contributed by atoms with Crippen molar-refractivity contribution in [3.63, 3.8) is 0 Å². The van der Waals surface area contributed by atoms with Gasteiger partial charge in [-0.15, -0.1) is 0 Å². The van der Waals surface area contributed by atoms with Crippen molar-refractivity contribution >= 4 is 5.97 Å². The Balaban J connectivity index is 2.03. The Bertz CT molecular complexity index is 662. The van der Waals surface area contributed by atoms with Gasteiger partial charge < -0.3 is 14.2 Å². The molecular formula is C20H24O4. The van der Waals surface area contributed by atoms with E-state index >= 15 is 0 Å². The summed E-state index contributed by atoms with van der Waals surface area (Å²) in [7, 11) is 0.